The Morgan fingerprint density at radius 1 is 1.25 bits per heavy atom. The molecule has 2 rings (SSSR count). The Labute approximate surface area is 124 Å². The van der Waals surface area contributed by atoms with Crippen LogP contribution in [0.15, 0.2) is 24.3 Å². The Balaban J connectivity index is 2.12. The van der Waals surface area contributed by atoms with Gasteiger partial charge in [0.2, 0.25) is 5.91 Å². The van der Waals surface area contributed by atoms with Crippen molar-refractivity contribution in [1.29, 1.82) is 0 Å². The smallest absolute Gasteiger partial charge is 0.219 e. The first-order chi connectivity index (χ1) is 9.49. The molecular formula is C14H19N3O2S. The van der Waals surface area contributed by atoms with Crippen LogP contribution in [-0.2, 0) is 4.79 Å². The normalized spacial score (nSPS) is 17.8. The molecule has 1 aromatic carbocycles. The fourth-order valence-corrected chi connectivity index (χ4v) is 2.79. The summed E-state index contributed by atoms with van der Waals surface area (Å²) in [4.78, 5) is 15.8. The summed E-state index contributed by atoms with van der Waals surface area (Å²) >= 11 is 5.19. The van der Waals surface area contributed by atoms with Crippen LogP contribution in [0.25, 0.3) is 0 Å². The van der Waals surface area contributed by atoms with Crippen molar-refractivity contribution >= 4 is 23.1 Å². The zero-order valence-electron chi connectivity index (χ0n) is 11.5. The van der Waals surface area contributed by atoms with E-state index in [4.69, 9.17) is 18.0 Å². The molecule has 0 saturated carbocycles. The molecule has 1 heterocycles. The third-order valence-electron chi connectivity index (χ3n) is 3.60. The van der Waals surface area contributed by atoms with Gasteiger partial charge in [-0.1, -0.05) is 24.4 Å². The lowest BCUT2D eigenvalue weighted by Gasteiger charge is -2.38. The van der Waals surface area contributed by atoms with Crippen LogP contribution in [-0.4, -0.2) is 52.0 Å². The summed E-state index contributed by atoms with van der Waals surface area (Å²) in [6.07, 6.45) is 0. The molecule has 1 aliphatic heterocycles. The van der Waals surface area contributed by atoms with E-state index >= 15 is 0 Å². The summed E-state index contributed by atoms with van der Waals surface area (Å²) in [7, 11) is 0. The monoisotopic (exact) mass is 293 g/mol. The number of aromatic hydroxyl groups is 1. The minimum absolute atomic E-state index is 0.0983. The van der Waals surface area contributed by atoms with Gasteiger partial charge in [-0.2, -0.15) is 0 Å². The van der Waals surface area contributed by atoms with E-state index in [1.165, 1.54) is 0 Å². The lowest BCUT2D eigenvalue weighted by atomic mass is 10.0. The average molecular weight is 293 g/mol. The Hall–Kier alpha value is -1.66. The SMILES string of the molecule is CC(=O)N1CCN(C(C(N)=S)c2ccc(O)cc2)CC1. The number of carbonyl (C=O) groups is 1. The second-order valence-corrected chi connectivity index (χ2v) is 5.41. The van der Waals surface area contributed by atoms with Crippen molar-refractivity contribution in [2.75, 3.05) is 26.2 Å². The molecule has 5 nitrogen and oxygen atoms in total. The molecule has 1 amide bonds. The highest BCUT2D eigenvalue weighted by Crippen LogP contribution is 2.24. The number of rotatable bonds is 3. The molecule has 0 radical (unpaired) electrons. The Bertz CT molecular complexity index is 496. The van der Waals surface area contributed by atoms with Gasteiger partial charge in [0.15, 0.2) is 0 Å². The van der Waals surface area contributed by atoms with Gasteiger partial charge in [-0.3, -0.25) is 9.69 Å². The molecule has 6 heteroatoms. The molecule has 1 fully saturated rings. The maximum absolute atomic E-state index is 11.3. The Morgan fingerprint density at radius 2 is 1.80 bits per heavy atom. The van der Waals surface area contributed by atoms with Crippen LogP contribution in [0.5, 0.6) is 5.75 Å². The summed E-state index contributed by atoms with van der Waals surface area (Å²) in [5.41, 5.74) is 6.84. The molecule has 1 unspecified atom stereocenters. The van der Waals surface area contributed by atoms with Crippen LogP contribution in [0, 0.1) is 0 Å². The molecule has 1 saturated heterocycles. The summed E-state index contributed by atoms with van der Waals surface area (Å²) in [6.45, 7) is 4.44. The summed E-state index contributed by atoms with van der Waals surface area (Å²) in [5, 5.41) is 9.36. The van der Waals surface area contributed by atoms with E-state index in [1.807, 2.05) is 17.0 Å². The van der Waals surface area contributed by atoms with Gasteiger partial charge in [0.1, 0.15) is 5.75 Å². The van der Waals surface area contributed by atoms with E-state index < -0.39 is 0 Å². The highest BCUT2D eigenvalue weighted by molar-refractivity contribution is 7.80. The number of hydrogen-bond acceptors (Lipinski definition) is 4. The Kier molecular flexibility index (Phi) is 4.57. The predicted molar refractivity (Wildman–Crippen MR) is 81.5 cm³/mol. The van der Waals surface area contributed by atoms with Gasteiger partial charge in [-0.05, 0) is 17.7 Å². The number of amides is 1. The van der Waals surface area contributed by atoms with Crippen molar-refractivity contribution in [3.63, 3.8) is 0 Å². The van der Waals surface area contributed by atoms with E-state index in [9.17, 15) is 9.90 Å². The number of piperazine rings is 1. The number of benzene rings is 1. The molecule has 1 atom stereocenters. The van der Waals surface area contributed by atoms with Crippen LogP contribution in [0.2, 0.25) is 0 Å². The number of phenols is 1. The van der Waals surface area contributed by atoms with Crippen LogP contribution >= 0.6 is 12.2 Å². The van der Waals surface area contributed by atoms with Crippen molar-refractivity contribution in [2.45, 2.75) is 13.0 Å². The molecular weight excluding hydrogens is 274 g/mol. The fourth-order valence-electron chi connectivity index (χ4n) is 2.51. The highest BCUT2D eigenvalue weighted by Gasteiger charge is 2.27. The zero-order valence-corrected chi connectivity index (χ0v) is 12.3. The van der Waals surface area contributed by atoms with Gasteiger partial charge in [0.25, 0.3) is 0 Å². The molecule has 108 valence electrons. The molecule has 0 aromatic heterocycles. The van der Waals surface area contributed by atoms with Crippen molar-refractivity contribution in [2.24, 2.45) is 5.73 Å². The van der Waals surface area contributed by atoms with Gasteiger partial charge in [-0.15, -0.1) is 0 Å². The van der Waals surface area contributed by atoms with Gasteiger partial charge < -0.3 is 15.7 Å². The fraction of sp³-hybridized carbons (Fsp3) is 0.429. The topological polar surface area (TPSA) is 69.8 Å². The number of carbonyl (C=O) groups excluding carboxylic acids is 1. The quantitative estimate of drug-likeness (QED) is 0.810. The molecule has 0 spiro atoms. The van der Waals surface area contributed by atoms with Gasteiger partial charge in [0, 0.05) is 33.1 Å². The van der Waals surface area contributed by atoms with Gasteiger partial charge in [0.05, 0.1) is 11.0 Å². The van der Waals surface area contributed by atoms with E-state index in [2.05, 4.69) is 4.90 Å². The standard InChI is InChI=1S/C14H19N3O2S/c1-10(18)16-6-8-17(9-7-16)13(14(15)20)11-2-4-12(19)5-3-11/h2-5,13,19H,6-9H2,1H3,(H2,15,20). The van der Waals surface area contributed by atoms with E-state index in [1.54, 1.807) is 19.1 Å². The Morgan fingerprint density at radius 3 is 2.25 bits per heavy atom. The second kappa shape index (κ2) is 6.19. The number of nitrogens with zero attached hydrogens (tertiary/aromatic N) is 2. The summed E-state index contributed by atoms with van der Waals surface area (Å²) in [6, 6.07) is 6.77. The third kappa shape index (κ3) is 3.26. The first kappa shape index (κ1) is 14.7. The molecule has 20 heavy (non-hydrogen) atoms. The van der Waals surface area contributed by atoms with E-state index in [0.717, 1.165) is 18.7 Å². The lowest BCUT2D eigenvalue weighted by molar-refractivity contribution is -0.130. The van der Waals surface area contributed by atoms with Gasteiger partial charge >= 0.3 is 0 Å². The largest absolute Gasteiger partial charge is 0.508 e. The average Bonchev–Trinajstić information content (AvgIpc) is 2.41. The van der Waals surface area contributed by atoms with E-state index in [0.29, 0.717) is 18.1 Å². The zero-order chi connectivity index (χ0) is 14.7. The lowest BCUT2D eigenvalue weighted by Crippen LogP contribution is -2.51. The van der Waals surface area contributed by atoms with Crippen molar-refractivity contribution in [3.05, 3.63) is 29.8 Å². The summed E-state index contributed by atoms with van der Waals surface area (Å²) in [5.74, 6) is 0.318. The third-order valence-corrected chi connectivity index (χ3v) is 3.83. The van der Waals surface area contributed by atoms with Crippen molar-refractivity contribution < 1.29 is 9.90 Å². The van der Waals surface area contributed by atoms with Crippen LogP contribution in [0.1, 0.15) is 18.5 Å². The van der Waals surface area contributed by atoms with E-state index in [-0.39, 0.29) is 17.7 Å². The summed E-state index contributed by atoms with van der Waals surface area (Å²) < 4.78 is 0. The van der Waals surface area contributed by atoms with Crippen molar-refractivity contribution in [3.8, 4) is 5.75 Å². The minimum atomic E-state index is -0.153. The molecule has 0 bridgehead atoms. The maximum Gasteiger partial charge on any atom is 0.219 e. The minimum Gasteiger partial charge on any atom is -0.508 e. The first-order valence-corrected chi connectivity index (χ1v) is 6.97. The van der Waals surface area contributed by atoms with Crippen LogP contribution in [0.4, 0.5) is 0 Å². The molecule has 3 N–H and O–H groups in total. The molecule has 1 aliphatic rings. The number of thiocarbonyl (C=S) groups is 1. The highest BCUT2D eigenvalue weighted by atomic mass is 32.1. The first-order valence-electron chi connectivity index (χ1n) is 6.57. The van der Waals surface area contributed by atoms with Crippen LogP contribution < -0.4 is 5.73 Å². The number of nitrogens with two attached hydrogens (primary N) is 1. The predicted octanol–water partition coefficient (Wildman–Crippen LogP) is 0.884. The molecule has 0 aliphatic carbocycles. The van der Waals surface area contributed by atoms with Crippen molar-refractivity contribution in [1.82, 2.24) is 9.80 Å². The van der Waals surface area contributed by atoms with Crippen LogP contribution in [0.3, 0.4) is 0 Å². The number of phenolic OH excluding ortho intramolecular Hbond substituents is 1. The molecule has 1 aromatic rings. The van der Waals surface area contributed by atoms with Gasteiger partial charge in [-0.25, -0.2) is 0 Å². The maximum atomic E-state index is 11.3. The second-order valence-electron chi connectivity index (χ2n) is 4.94. The number of hydrogen-bond donors (Lipinski definition) is 2.